The third kappa shape index (κ3) is 4.06. The van der Waals surface area contributed by atoms with Gasteiger partial charge in [-0.05, 0) is 39.0 Å². The molecular weight excluding hydrogens is 306 g/mol. The van der Waals surface area contributed by atoms with E-state index in [9.17, 15) is 0 Å². The monoisotopic (exact) mass is 327 g/mol. The number of rotatable bonds is 5. The van der Waals surface area contributed by atoms with Crippen LogP contribution in [0.1, 0.15) is 31.9 Å². The number of halogens is 1. The summed E-state index contributed by atoms with van der Waals surface area (Å²) in [6.45, 7) is 6.72. The summed E-state index contributed by atoms with van der Waals surface area (Å²) in [5.74, 6) is 2.25. The number of aromatic nitrogens is 2. The summed E-state index contributed by atoms with van der Waals surface area (Å²) >= 11 is 3.54. The minimum absolute atomic E-state index is 0.641. The van der Waals surface area contributed by atoms with Gasteiger partial charge in [-0.15, -0.1) is 0 Å². The highest BCUT2D eigenvalue weighted by atomic mass is 79.9. The van der Waals surface area contributed by atoms with Crippen LogP contribution in [0.5, 0.6) is 5.88 Å². The van der Waals surface area contributed by atoms with Gasteiger partial charge >= 0.3 is 0 Å². The van der Waals surface area contributed by atoms with E-state index in [-0.39, 0.29) is 0 Å². The van der Waals surface area contributed by atoms with E-state index >= 15 is 0 Å². The highest BCUT2D eigenvalue weighted by Crippen LogP contribution is 2.24. The van der Waals surface area contributed by atoms with Gasteiger partial charge in [0.05, 0.1) is 6.61 Å². The van der Waals surface area contributed by atoms with Crippen LogP contribution >= 0.6 is 15.9 Å². The maximum absolute atomic E-state index is 5.51. The summed E-state index contributed by atoms with van der Waals surface area (Å²) < 4.78 is 5.51. The largest absolute Gasteiger partial charge is 0.478 e. The Morgan fingerprint density at radius 1 is 1.47 bits per heavy atom. The van der Waals surface area contributed by atoms with Gasteiger partial charge in [0.1, 0.15) is 0 Å². The molecule has 19 heavy (non-hydrogen) atoms. The first-order valence-electron chi connectivity index (χ1n) is 7.02. The predicted octanol–water partition coefficient (Wildman–Crippen LogP) is 3.19. The number of anilines is 1. The maximum Gasteiger partial charge on any atom is 0.228 e. The Balaban J connectivity index is 2.11. The molecule has 1 aliphatic heterocycles. The molecule has 0 amide bonds. The van der Waals surface area contributed by atoms with E-state index in [4.69, 9.17) is 4.74 Å². The van der Waals surface area contributed by atoms with E-state index in [0.717, 1.165) is 36.0 Å². The van der Waals surface area contributed by atoms with E-state index in [1.54, 1.807) is 0 Å². The zero-order valence-electron chi connectivity index (χ0n) is 11.7. The lowest BCUT2D eigenvalue weighted by atomic mass is 9.96. The van der Waals surface area contributed by atoms with Crippen molar-refractivity contribution in [2.75, 3.05) is 29.9 Å². The van der Waals surface area contributed by atoms with Crippen LogP contribution in [0.4, 0.5) is 5.95 Å². The predicted molar refractivity (Wildman–Crippen MR) is 81.3 cm³/mol. The third-order valence-corrected chi connectivity index (χ3v) is 3.89. The highest BCUT2D eigenvalue weighted by Gasteiger charge is 2.21. The zero-order chi connectivity index (χ0) is 13.7. The smallest absolute Gasteiger partial charge is 0.228 e. The molecule has 1 unspecified atom stereocenters. The van der Waals surface area contributed by atoms with Crippen molar-refractivity contribution in [3.63, 3.8) is 0 Å². The lowest BCUT2D eigenvalue weighted by Crippen LogP contribution is -2.36. The average Bonchev–Trinajstić information content (AvgIpc) is 2.39. The summed E-state index contributed by atoms with van der Waals surface area (Å²) in [4.78, 5) is 11.4. The van der Waals surface area contributed by atoms with Crippen LogP contribution < -0.4 is 9.64 Å². The molecular formula is C14H22BrN3O. The first-order chi connectivity index (χ1) is 9.22. The van der Waals surface area contributed by atoms with Crippen LogP contribution in [0.2, 0.25) is 0 Å². The summed E-state index contributed by atoms with van der Waals surface area (Å²) in [6, 6.07) is 1.90. The number of piperidine rings is 1. The molecule has 1 aromatic rings. The van der Waals surface area contributed by atoms with Crippen molar-refractivity contribution in [1.82, 2.24) is 9.97 Å². The van der Waals surface area contributed by atoms with Crippen molar-refractivity contribution in [3.8, 4) is 5.88 Å². The average molecular weight is 328 g/mol. The van der Waals surface area contributed by atoms with Crippen molar-refractivity contribution >= 4 is 21.9 Å². The molecule has 1 aliphatic rings. The van der Waals surface area contributed by atoms with Crippen molar-refractivity contribution < 1.29 is 4.74 Å². The number of alkyl halides is 1. The van der Waals surface area contributed by atoms with Crippen molar-refractivity contribution in [2.24, 2.45) is 5.92 Å². The first-order valence-corrected chi connectivity index (χ1v) is 8.14. The SMILES string of the molecule is CCOc1cc(C)nc(N2CCCC(CCBr)C2)n1. The molecule has 1 aromatic heterocycles. The second-order valence-electron chi connectivity index (χ2n) is 5.01. The van der Waals surface area contributed by atoms with E-state index < -0.39 is 0 Å². The molecule has 1 atom stereocenters. The van der Waals surface area contributed by atoms with Crippen LogP contribution in [-0.4, -0.2) is 35.0 Å². The van der Waals surface area contributed by atoms with Gasteiger partial charge in [-0.2, -0.15) is 4.98 Å². The van der Waals surface area contributed by atoms with Gasteiger partial charge in [0, 0.05) is 30.2 Å². The van der Waals surface area contributed by atoms with Gasteiger partial charge in [-0.1, -0.05) is 15.9 Å². The second kappa shape index (κ2) is 7.08. The molecule has 1 saturated heterocycles. The van der Waals surface area contributed by atoms with Crippen molar-refractivity contribution in [2.45, 2.75) is 33.1 Å². The Morgan fingerprint density at radius 3 is 3.05 bits per heavy atom. The van der Waals surface area contributed by atoms with Gasteiger partial charge in [0.25, 0.3) is 0 Å². The number of hydrogen-bond acceptors (Lipinski definition) is 4. The maximum atomic E-state index is 5.51. The zero-order valence-corrected chi connectivity index (χ0v) is 13.3. The number of aryl methyl sites for hydroxylation is 1. The Labute approximate surface area is 123 Å². The van der Waals surface area contributed by atoms with Gasteiger partial charge in [0.15, 0.2) is 0 Å². The van der Waals surface area contributed by atoms with E-state index in [2.05, 4.69) is 30.8 Å². The molecule has 2 heterocycles. The molecule has 1 fully saturated rings. The summed E-state index contributed by atoms with van der Waals surface area (Å²) in [7, 11) is 0. The molecule has 4 nitrogen and oxygen atoms in total. The van der Waals surface area contributed by atoms with Crippen LogP contribution in [0.25, 0.3) is 0 Å². The molecule has 0 aromatic carbocycles. The minimum atomic E-state index is 0.641. The number of nitrogens with zero attached hydrogens (tertiary/aromatic N) is 3. The quantitative estimate of drug-likeness (QED) is 0.778. The van der Waals surface area contributed by atoms with E-state index in [1.165, 1.54) is 19.3 Å². The van der Waals surface area contributed by atoms with Crippen LogP contribution in [0.15, 0.2) is 6.07 Å². The topological polar surface area (TPSA) is 38.2 Å². The van der Waals surface area contributed by atoms with E-state index in [0.29, 0.717) is 12.5 Å². The minimum Gasteiger partial charge on any atom is -0.478 e. The molecule has 5 heteroatoms. The second-order valence-corrected chi connectivity index (χ2v) is 5.81. The van der Waals surface area contributed by atoms with Gasteiger partial charge < -0.3 is 9.64 Å². The summed E-state index contributed by atoms with van der Waals surface area (Å²) in [6.07, 6.45) is 3.76. The fourth-order valence-electron chi connectivity index (χ4n) is 2.52. The lowest BCUT2D eigenvalue weighted by molar-refractivity contribution is 0.324. The molecule has 106 valence electrons. The molecule has 0 radical (unpaired) electrons. The van der Waals surface area contributed by atoms with E-state index in [1.807, 2.05) is 19.9 Å². The fraction of sp³-hybridized carbons (Fsp3) is 0.714. The molecule has 0 bridgehead atoms. The first kappa shape index (κ1) is 14.6. The van der Waals surface area contributed by atoms with Crippen molar-refractivity contribution in [1.29, 1.82) is 0 Å². The number of hydrogen-bond donors (Lipinski definition) is 0. The standard InChI is InChI=1S/C14H22BrN3O/c1-3-19-13-9-11(2)16-14(17-13)18-8-4-5-12(10-18)6-7-15/h9,12H,3-8,10H2,1-2H3. The molecule has 2 rings (SSSR count). The van der Waals surface area contributed by atoms with Crippen molar-refractivity contribution in [3.05, 3.63) is 11.8 Å². The van der Waals surface area contributed by atoms with Crippen LogP contribution in [-0.2, 0) is 0 Å². The van der Waals surface area contributed by atoms with Gasteiger partial charge in [-0.3, -0.25) is 0 Å². The molecule has 0 spiro atoms. The fourth-order valence-corrected chi connectivity index (χ4v) is 3.17. The van der Waals surface area contributed by atoms with Crippen LogP contribution in [0.3, 0.4) is 0 Å². The third-order valence-electron chi connectivity index (χ3n) is 3.43. The van der Waals surface area contributed by atoms with Gasteiger partial charge in [-0.25, -0.2) is 4.98 Å². The normalized spacial score (nSPS) is 19.5. The highest BCUT2D eigenvalue weighted by molar-refractivity contribution is 9.09. The molecule has 0 N–H and O–H groups in total. The lowest BCUT2D eigenvalue weighted by Gasteiger charge is -2.32. The number of ether oxygens (including phenoxy) is 1. The Morgan fingerprint density at radius 2 is 2.32 bits per heavy atom. The molecule has 0 aliphatic carbocycles. The Kier molecular flexibility index (Phi) is 5.43. The molecule has 0 saturated carbocycles. The Hall–Kier alpha value is -0.840. The summed E-state index contributed by atoms with van der Waals surface area (Å²) in [5, 5.41) is 1.07. The Bertz CT molecular complexity index is 412. The van der Waals surface area contributed by atoms with Gasteiger partial charge in [0.2, 0.25) is 11.8 Å². The van der Waals surface area contributed by atoms with Crippen LogP contribution in [0, 0.1) is 12.8 Å². The summed E-state index contributed by atoms with van der Waals surface area (Å²) in [5.41, 5.74) is 0.969.